The van der Waals surface area contributed by atoms with E-state index in [1.165, 1.54) is 11.5 Å². The largest absolute Gasteiger partial charge is 0.360 e. The Kier molecular flexibility index (Phi) is 3.96. The molecular formula is C7H14N4S. The van der Waals surface area contributed by atoms with Gasteiger partial charge >= 0.3 is 0 Å². The second-order valence-electron chi connectivity index (χ2n) is 2.44. The molecule has 0 aromatic carbocycles. The zero-order valence-corrected chi connectivity index (χ0v) is 8.02. The summed E-state index contributed by atoms with van der Waals surface area (Å²) in [5.74, 6) is 0.912. The molecule has 5 heteroatoms. The van der Waals surface area contributed by atoms with E-state index >= 15 is 0 Å². The van der Waals surface area contributed by atoms with Crippen LogP contribution in [0.25, 0.3) is 0 Å². The van der Waals surface area contributed by atoms with Crippen molar-refractivity contribution in [3.63, 3.8) is 0 Å². The zero-order valence-electron chi connectivity index (χ0n) is 7.21. The van der Waals surface area contributed by atoms with Gasteiger partial charge in [0.15, 0.2) is 0 Å². The first-order valence-corrected chi connectivity index (χ1v) is 4.90. The number of anilines is 1. The number of nitrogens with two attached hydrogens (primary N) is 1. The molecule has 0 saturated carbocycles. The number of rotatable bonds is 5. The van der Waals surface area contributed by atoms with E-state index in [1.807, 2.05) is 6.92 Å². The fourth-order valence-corrected chi connectivity index (χ4v) is 1.44. The van der Waals surface area contributed by atoms with Gasteiger partial charge in [-0.15, -0.1) is 0 Å². The van der Waals surface area contributed by atoms with Crippen molar-refractivity contribution in [3.8, 4) is 0 Å². The molecule has 1 rings (SSSR count). The first-order valence-electron chi connectivity index (χ1n) is 4.13. The Hall–Kier alpha value is -0.680. The monoisotopic (exact) mass is 186 g/mol. The Morgan fingerprint density at radius 3 is 3.00 bits per heavy atom. The van der Waals surface area contributed by atoms with Gasteiger partial charge in [0.1, 0.15) is 5.82 Å². The molecule has 0 aliphatic rings. The normalized spacial score (nSPS) is 10.2. The topological polar surface area (TPSA) is 63.8 Å². The molecule has 0 amide bonds. The predicted octanol–water partition coefficient (Wildman–Crippen LogP) is 0.861. The third-order valence-electron chi connectivity index (χ3n) is 1.44. The second kappa shape index (κ2) is 5.05. The molecule has 0 saturated heterocycles. The van der Waals surface area contributed by atoms with Crippen molar-refractivity contribution >= 4 is 16.7 Å². The lowest BCUT2D eigenvalue weighted by Crippen LogP contribution is -2.08. The summed E-state index contributed by atoms with van der Waals surface area (Å²) < 4.78 is 4.15. The molecule has 1 aromatic rings. The number of aromatic nitrogens is 2. The van der Waals surface area contributed by atoms with E-state index in [0.29, 0.717) is 6.54 Å². The maximum Gasteiger partial charge on any atom is 0.202 e. The van der Waals surface area contributed by atoms with Gasteiger partial charge in [-0.3, -0.25) is 0 Å². The first-order chi connectivity index (χ1) is 5.86. The van der Waals surface area contributed by atoms with E-state index in [0.717, 1.165) is 30.3 Å². The van der Waals surface area contributed by atoms with Gasteiger partial charge in [0.2, 0.25) is 5.13 Å². The molecule has 0 bridgehead atoms. The highest BCUT2D eigenvalue weighted by Gasteiger charge is 1.99. The summed E-state index contributed by atoms with van der Waals surface area (Å²) in [5, 5.41) is 4.07. The lowest BCUT2D eigenvalue weighted by Gasteiger charge is -1.97. The maximum absolute atomic E-state index is 5.35. The van der Waals surface area contributed by atoms with Gasteiger partial charge in [0.05, 0.1) is 0 Å². The summed E-state index contributed by atoms with van der Waals surface area (Å²) in [5.41, 5.74) is 5.35. The Morgan fingerprint density at radius 1 is 1.58 bits per heavy atom. The second-order valence-corrected chi connectivity index (χ2v) is 3.19. The molecule has 68 valence electrons. The molecular weight excluding hydrogens is 172 g/mol. The average Bonchev–Trinajstić information content (AvgIpc) is 2.53. The van der Waals surface area contributed by atoms with Gasteiger partial charge in [-0.05, 0) is 13.0 Å². The molecule has 4 nitrogen and oxygen atoms in total. The Labute approximate surface area is 76.4 Å². The van der Waals surface area contributed by atoms with Crippen molar-refractivity contribution in [1.82, 2.24) is 9.36 Å². The number of hydrogen-bond acceptors (Lipinski definition) is 5. The number of nitrogens with one attached hydrogen (secondary N) is 1. The van der Waals surface area contributed by atoms with E-state index in [9.17, 15) is 0 Å². The van der Waals surface area contributed by atoms with Crippen molar-refractivity contribution in [2.24, 2.45) is 5.73 Å². The van der Waals surface area contributed by atoms with Gasteiger partial charge in [-0.25, -0.2) is 4.98 Å². The highest BCUT2D eigenvalue weighted by atomic mass is 32.1. The fourth-order valence-electron chi connectivity index (χ4n) is 0.767. The van der Waals surface area contributed by atoms with Gasteiger partial charge in [-0.1, -0.05) is 6.92 Å². The van der Waals surface area contributed by atoms with E-state index in [-0.39, 0.29) is 0 Å². The number of aryl methyl sites for hydroxylation is 1. The summed E-state index contributed by atoms with van der Waals surface area (Å²) in [7, 11) is 0. The first kappa shape index (κ1) is 9.41. The fraction of sp³-hybridized carbons (Fsp3) is 0.714. The summed E-state index contributed by atoms with van der Waals surface area (Å²) in [6.07, 6.45) is 1.87. The molecule has 12 heavy (non-hydrogen) atoms. The molecule has 1 heterocycles. The van der Waals surface area contributed by atoms with Crippen LogP contribution >= 0.6 is 11.5 Å². The zero-order chi connectivity index (χ0) is 8.81. The standard InChI is InChI=1S/C7H14N4S/c1-2-6-10-7(12-11-6)9-5-3-4-8/h2-5,8H2,1H3,(H,9,10,11). The maximum atomic E-state index is 5.35. The molecule has 0 fully saturated rings. The summed E-state index contributed by atoms with van der Waals surface area (Å²) in [6.45, 7) is 3.65. The Morgan fingerprint density at radius 2 is 2.42 bits per heavy atom. The summed E-state index contributed by atoms with van der Waals surface area (Å²) >= 11 is 1.41. The number of nitrogens with zero attached hydrogens (tertiary/aromatic N) is 2. The van der Waals surface area contributed by atoms with Gasteiger partial charge in [0.25, 0.3) is 0 Å². The molecule has 0 atom stereocenters. The SMILES string of the molecule is CCc1nsc(NCCCN)n1. The van der Waals surface area contributed by atoms with Crippen LogP contribution in [0.4, 0.5) is 5.13 Å². The van der Waals surface area contributed by atoms with E-state index in [1.54, 1.807) is 0 Å². The summed E-state index contributed by atoms with van der Waals surface area (Å²) in [6, 6.07) is 0. The van der Waals surface area contributed by atoms with Crippen LogP contribution in [0, 0.1) is 0 Å². The van der Waals surface area contributed by atoms with Crippen molar-refractivity contribution in [2.45, 2.75) is 19.8 Å². The Bertz CT molecular complexity index is 223. The highest BCUT2D eigenvalue weighted by Crippen LogP contribution is 2.10. The van der Waals surface area contributed by atoms with Crippen LogP contribution < -0.4 is 11.1 Å². The van der Waals surface area contributed by atoms with Crippen molar-refractivity contribution < 1.29 is 0 Å². The van der Waals surface area contributed by atoms with E-state index < -0.39 is 0 Å². The lowest BCUT2D eigenvalue weighted by molar-refractivity contribution is 0.871. The molecule has 0 unspecified atom stereocenters. The minimum absolute atomic E-state index is 0.715. The van der Waals surface area contributed by atoms with Crippen LogP contribution in [0.5, 0.6) is 0 Å². The average molecular weight is 186 g/mol. The van der Waals surface area contributed by atoms with Gasteiger partial charge < -0.3 is 11.1 Å². The quantitative estimate of drug-likeness (QED) is 0.669. The van der Waals surface area contributed by atoms with Crippen LogP contribution in [-0.4, -0.2) is 22.4 Å². The van der Waals surface area contributed by atoms with Crippen molar-refractivity contribution in [2.75, 3.05) is 18.4 Å². The summed E-state index contributed by atoms with van der Waals surface area (Å²) in [4.78, 5) is 4.26. The lowest BCUT2D eigenvalue weighted by atomic mass is 10.4. The molecule has 0 spiro atoms. The minimum Gasteiger partial charge on any atom is -0.360 e. The van der Waals surface area contributed by atoms with Crippen LogP contribution in [0.2, 0.25) is 0 Å². The van der Waals surface area contributed by atoms with Crippen molar-refractivity contribution in [3.05, 3.63) is 5.82 Å². The molecule has 3 N–H and O–H groups in total. The third kappa shape index (κ3) is 2.75. The van der Waals surface area contributed by atoms with Crippen LogP contribution in [0.1, 0.15) is 19.2 Å². The van der Waals surface area contributed by atoms with E-state index in [4.69, 9.17) is 5.73 Å². The minimum atomic E-state index is 0.715. The van der Waals surface area contributed by atoms with Crippen LogP contribution in [-0.2, 0) is 6.42 Å². The Balaban J connectivity index is 2.31. The van der Waals surface area contributed by atoms with Gasteiger partial charge in [0, 0.05) is 24.5 Å². The van der Waals surface area contributed by atoms with Gasteiger partial charge in [-0.2, -0.15) is 4.37 Å². The van der Waals surface area contributed by atoms with Crippen LogP contribution in [0.15, 0.2) is 0 Å². The van der Waals surface area contributed by atoms with E-state index in [2.05, 4.69) is 14.7 Å². The van der Waals surface area contributed by atoms with Crippen LogP contribution in [0.3, 0.4) is 0 Å². The van der Waals surface area contributed by atoms with Crippen molar-refractivity contribution in [1.29, 1.82) is 0 Å². The highest BCUT2D eigenvalue weighted by molar-refractivity contribution is 7.09. The number of hydrogen-bond donors (Lipinski definition) is 2. The predicted molar refractivity (Wildman–Crippen MR) is 51.4 cm³/mol. The molecule has 0 aliphatic carbocycles. The molecule has 0 radical (unpaired) electrons. The molecule has 1 aromatic heterocycles. The molecule has 0 aliphatic heterocycles. The third-order valence-corrected chi connectivity index (χ3v) is 2.15. The smallest absolute Gasteiger partial charge is 0.202 e.